The summed E-state index contributed by atoms with van der Waals surface area (Å²) in [5.41, 5.74) is 1.41. The maximum Gasteiger partial charge on any atom is 0.416 e. The number of benzene rings is 1. The van der Waals surface area contributed by atoms with Crippen LogP contribution >= 0.6 is 0 Å². The van der Waals surface area contributed by atoms with Crippen molar-refractivity contribution in [2.45, 2.75) is 26.1 Å². The largest absolute Gasteiger partial charge is 0.416 e. The number of halogens is 3. The van der Waals surface area contributed by atoms with Crippen molar-refractivity contribution in [1.29, 1.82) is 0 Å². The molecule has 1 rings (SSSR count). The van der Waals surface area contributed by atoms with Gasteiger partial charge in [-0.15, -0.1) is 0 Å². The van der Waals surface area contributed by atoms with Crippen molar-refractivity contribution in [3.8, 4) is 0 Å². The van der Waals surface area contributed by atoms with Crippen molar-refractivity contribution in [2.75, 3.05) is 12.5 Å². The lowest BCUT2D eigenvalue weighted by atomic mass is 10.1. The molecular formula is C12H16F3N3O. The number of nitrogens with two attached hydrogens (primary N) is 1. The normalized spacial score (nSPS) is 11.6. The van der Waals surface area contributed by atoms with E-state index in [4.69, 9.17) is 5.84 Å². The zero-order chi connectivity index (χ0) is 14.8. The molecule has 3 N–H and O–H groups in total. The lowest BCUT2D eigenvalue weighted by Crippen LogP contribution is -2.34. The highest BCUT2D eigenvalue weighted by molar-refractivity contribution is 5.99. The number of rotatable bonds is 3. The summed E-state index contributed by atoms with van der Waals surface area (Å²) in [6.45, 7) is 3.53. The highest BCUT2D eigenvalue weighted by Gasteiger charge is 2.32. The van der Waals surface area contributed by atoms with Gasteiger partial charge in [0.05, 0.1) is 16.8 Å². The van der Waals surface area contributed by atoms with Crippen molar-refractivity contribution in [3.63, 3.8) is 0 Å². The van der Waals surface area contributed by atoms with Crippen LogP contribution in [-0.2, 0) is 6.18 Å². The minimum absolute atomic E-state index is 0.103. The molecule has 0 aliphatic carbocycles. The highest BCUT2D eigenvalue weighted by Crippen LogP contribution is 2.32. The molecule has 0 saturated carbocycles. The third-order valence-electron chi connectivity index (χ3n) is 2.83. The number of hydrogen-bond acceptors (Lipinski definition) is 3. The first-order valence-corrected chi connectivity index (χ1v) is 5.63. The zero-order valence-corrected chi connectivity index (χ0v) is 10.9. The maximum atomic E-state index is 12.7. The van der Waals surface area contributed by atoms with Gasteiger partial charge in [-0.1, -0.05) is 0 Å². The molecule has 0 aliphatic heterocycles. The lowest BCUT2D eigenvalue weighted by molar-refractivity contribution is -0.137. The fourth-order valence-electron chi connectivity index (χ4n) is 1.45. The summed E-state index contributed by atoms with van der Waals surface area (Å²) >= 11 is 0. The van der Waals surface area contributed by atoms with Crippen LogP contribution in [0.1, 0.15) is 29.8 Å². The first-order valence-electron chi connectivity index (χ1n) is 5.63. The number of anilines is 1. The SMILES string of the molecule is CC(C)N(C)C(=O)c1cc(C(F)(F)F)ccc1NN. The summed E-state index contributed by atoms with van der Waals surface area (Å²) in [6.07, 6.45) is -4.50. The number of amides is 1. The molecule has 0 spiro atoms. The van der Waals surface area contributed by atoms with Gasteiger partial charge < -0.3 is 10.3 Å². The number of carbonyl (C=O) groups excluding carboxylic acids is 1. The Hall–Kier alpha value is -1.76. The van der Waals surface area contributed by atoms with Gasteiger partial charge in [-0.2, -0.15) is 13.2 Å². The van der Waals surface area contributed by atoms with Gasteiger partial charge in [0.1, 0.15) is 0 Å². The molecule has 1 amide bonds. The van der Waals surface area contributed by atoms with E-state index in [1.165, 1.54) is 11.9 Å². The van der Waals surface area contributed by atoms with E-state index in [2.05, 4.69) is 5.43 Å². The smallest absolute Gasteiger partial charge is 0.339 e. The standard InChI is InChI=1S/C12H16F3N3O/c1-7(2)18(3)11(19)9-6-8(12(13,14)15)4-5-10(9)17-16/h4-7,17H,16H2,1-3H3. The Morgan fingerprint density at radius 2 is 1.95 bits per heavy atom. The molecule has 4 nitrogen and oxygen atoms in total. The lowest BCUT2D eigenvalue weighted by Gasteiger charge is -2.23. The molecule has 7 heteroatoms. The van der Waals surface area contributed by atoms with Crippen LogP contribution in [0.25, 0.3) is 0 Å². The average Bonchev–Trinajstić information content (AvgIpc) is 2.34. The summed E-state index contributed by atoms with van der Waals surface area (Å²) in [6, 6.07) is 2.69. The van der Waals surface area contributed by atoms with Gasteiger partial charge in [0.25, 0.3) is 5.91 Å². The van der Waals surface area contributed by atoms with Gasteiger partial charge in [0.15, 0.2) is 0 Å². The first-order chi connectivity index (χ1) is 8.68. The van der Waals surface area contributed by atoms with Crippen molar-refractivity contribution in [1.82, 2.24) is 4.90 Å². The molecule has 19 heavy (non-hydrogen) atoms. The second-order valence-electron chi connectivity index (χ2n) is 4.41. The van der Waals surface area contributed by atoms with E-state index >= 15 is 0 Å². The van der Waals surface area contributed by atoms with Gasteiger partial charge in [-0.25, -0.2) is 0 Å². The number of alkyl halides is 3. The monoisotopic (exact) mass is 275 g/mol. The van der Waals surface area contributed by atoms with Crippen LogP contribution in [0.5, 0.6) is 0 Å². The van der Waals surface area contributed by atoms with Crippen LogP contribution in [0, 0.1) is 0 Å². The van der Waals surface area contributed by atoms with Crippen LogP contribution < -0.4 is 11.3 Å². The van der Waals surface area contributed by atoms with E-state index in [0.717, 1.165) is 18.2 Å². The highest BCUT2D eigenvalue weighted by atomic mass is 19.4. The summed E-state index contributed by atoms with van der Waals surface area (Å²) < 4.78 is 38.0. The predicted molar refractivity (Wildman–Crippen MR) is 66.5 cm³/mol. The Balaban J connectivity index is 3.27. The Kier molecular flexibility index (Phi) is 4.41. The summed E-state index contributed by atoms with van der Waals surface area (Å²) in [5.74, 6) is 4.70. The molecule has 1 aromatic carbocycles. The molecule has 0 aromatic heterocycles. The molecule has 0 atom stereocenters. The second-order valence-corrected chi connectivity index (χ2v) is 4.41. The van der Waals surface area contributed by atoms with Crippen molar-refractivity contribution in [3.05, 3.63) is 29.3 Å². The summed E-state index contributed by atoms with van der Waals surface area (Å²) in [5, 5.41) is 0. The second kappa shape index (κ2) is 5.48. The fourth-order valence-corrected chi connectivity index (χ4v) is 1.45. The zero-order valence-electron chi connectivity index (χ0n) is 10.9. The van der Waals surface area contributed by atoms with Gasteiger partial charge in [0.2, 0.25) is 0 Å². The molecule has 0 heterocycles. The van der Waals surface area contributed by atoms with E-state index in [0.29, 0.717) is 0 Å². The van der Waals surface area contributed by atoms with Gasteiger partial charge in [0, 0.05) is 13.1 Å². The number of nitrogen functional groups attached to an aromatic ring is 1. The molecular weight excluding hydrogens is 259 g/mol. The van der Waals surface area contributed by atoms with Crippen molar-refractivity contribution in [2.24, 2.45) is 5.84 Å². The maximum absolute atomic E-state index is 12.7. The fraction of sp³-hybridized carbons (Fsp3) is 0.417. The minimum Gasteiger partial charge on any atom is -0.339 e. The van der Waals surface area contributed by atoms with Gasteiger partial charge >= 0.3 is 6.18 Å². The first kappa shape index (κ1) is 15.3. The third-order valence-corrected chi connectivity index (χ3v) is 2.83. The molecule has 1 aromatic rings. The van der Waals surface area contributed by atoms with Crippen molar-refractivity contribution < 1.29 is 18.0 Å². The van der Waals surface area contributed by atoms with E-state index < -0.39 is 17.6 Å². The molecule has 0 radical (unpaired) electrons. The molecule has 0 fully saturated rings. The molecule has 106 valence electrons. The summed E-state index contributed by atoms with van der Waals surface area (Å²) in [4.78, 5) is 13.5. The van der Waals surface area contributed by atoms with E-state index in [9.17, 15) is 18.0 Å². The molecule has 0 aliphatic rings. The summed E-state index contributed by atoms with van der Waals surface area (Å²) in [7, 11) is 1.52. The quantitative estimate of drug-likeness (QED) is 0.658. The van der Waals surface area contributed by atoms with Gasteiger partial charge in [-0.3, -0.25) is 10.6 Å². The topological polar surface area (TPSA) is 58.4 Å². The number of nitrogens with zero attached hydrogens (tertiary/aromatic N) is 1. The van der Waals surface area contributed by atoms with Crippen LogP contribution in [-0.4, -0.2) is 23.9 Å². The van der Waals surface area contributed by atoms with E-state index in [-0.39, 0.29) is 17.3 Å². The number of hydrogen-bond donors (Lipinski definition) is 2. The van der Waals surface area contributed by atoms with E-state index in [1.54, 1.807) is 13.8 Å². The minimum atomic E-state index is -4.50. The Labute approximate surface area is 109 Å². The Bertz CT molecular complexity index is 472. The van der Waals surface area contributed by atoms with Crippen LogP contribution in [0.15, 0.2) is 18.2 Å². The number of nitrogens with one attached hydrogen (secondary N) is 1. The van der Waals surface area contributed by atoms with Crippen molar-refractivity contribution >= 4 is 11.6 Å². The Morgan fingerprint density at radius 1 is 1.37 bits per heavy atom. The number of carbonyl (C=O) groups is 1. The third kappa shape index (κ3) is 3.37. The molecule has 0 unspecified atom stereocenters. The van der Waals surface area contributed by atoms with Gasteiger partial charge in [-0.05, 0) is 32.0 Å². The van der Waals surface area contributed by atoms with Crippen LogP contribution in [0.3, 0.4) is 0 Å². The predicted octanol–water partition coefficient (Wildman–Crippen LogP) is 2.47. The van der Waals surface area contributed by atoms with E-state index in [1.807, 2.05) is 0 Å². The Morgan fingerprint density at radius 3 is 2.37 bits per heavy atom. The van der Waals surface area contributed by atoms with Crippen LogP contribution in [0.2, 0.25) is 0 Å². The number of hydrazine groups is 1. The van der Waals surface area contributed by atoms with Crippen LogP contribution in [0.4, 0.5) is 18.9 Å². The average molecular weight is 275 g/mol. The molecule has 0 bridgehead atoms. The molecule has 0 saturated heterocycles.